The molecule has 0 aliphatic rings. The van der Waals surface area contributed by atoms with Crippen LogP contribution >= 0.6 is 11.6 Å². The van der Waals surface area contributed by atoms with E-state index < -0.39 is 5.41 Å². The summed E-state index contributed by atoms with van der Waals surface area (Å²) in [5.74, 6) is 0.943. The molecule has 0 aliphatic carbocycles. The molecular weight excluding hydrogens is 290 g/mol. The molecular formula is C15H18ClN3O2. The van der Waals surface area contributed by atoms with Crippen molar-refractivity contribution in [2.24, 2.45) is 5.41 Å². The van der Waals surface area contributed by atoms with Gasteiger partial charge in [-0.25, -0.2) is 0 Å². The summed E-state index contributed by atoms with van der Waals surface area (Å²) in [4.78, 5) is 11.7. The molecule has 0 saturated heterocycles. The van der Waals surface area contributed by atoms with Crippen molar-refractivity contribution < 1.29 is 9.21 Å². The minimum absolute atomic E-state index is 0.0000555. The zero-order chi connectivity index (χ0) is 15.5. The third-order valence-corrected chi connectivity index (χ3v) is 3.12. The number of hydrogen-bond donors (Lipinski definition) is 1. The number of carbonyl (C=O) groups excluding carboxylic acids is 1. The second-order valence-corrected chi connectivity index (χ2v) is 6.20. The largest absolute Gasteiger partial charge is 0.421 e. The maximum absolute atomic E-state index is 11.7. The lowest BCUT2D eigenvalue weighted by molar-refractivity contribution is -0.128. The van der Waals surface area contributed by atoms with Gasteiger partial charge in [-0.1, -0.05) is 32.4 Å². The van der Waals surface area contributed by atoms with E-state index in [1.807, 2.05) is 32.9 Å². The van der Waals surface area contributed by atoms with Crippen molar-refractivity contribution in [3.8, 4) is 11.5 Å². The molecule has 0 aliphatic heterocycles. The summed E-state index contributed by atoms with van der Waals surface area (Å²) in [6, 6.07) is 7.18. The van der Waals surface area contributed by atoms with Crippen LogP contribution in [0.5, 0.6) is 0 Å². The summed E-state index contributed by atoms with van der Waals surface area (Å²) in [7, 11) is 0. The van der Waals surface area contributed by atoms with Gasteiger partial charge in [0.2, 0.25) is 17.7 Å². The maximum Gasteiger partial charge on any atom is 0.247 e. The highest BCUT2D eigenvalue weighted by atomic mass is 35.5. The molecule has 2 rings (SSSR count). The van der Waals surface area contributed by atoms with Gasteiger partial charge in [0, 0.05) is 29.0 Å². The first-order chi connectivity index (χ1) is 9.86. The van der Waals surface area contributed by atoms with Gasteiger partial charge in [0.25, 0.3) is 0 Å². The van der Waals surface area contributed by atoms with E-state index >= 15 is 0 Å². The fraction of sp³-hybridized carbons (Fsp3) is 0.400. The van der Waals surface area contributed by atoms with Gasteiger partial charge in [-0.15, -0.1) is 10.2 Å². The Labute approximate surface area is 128 Å². The topological polar surface area (TPSA) is 68.0 Å². The van der Waals surface area contributed by atoms with Crippen molar-refractivity contribution in [2.75, 3.05) is 6.54 Å². The van der Waals surface area contributed by atoms with Crippen LogP contribution in [-0.4, -0.2) is 22.6 Å². The van der Waals surface area contributed by atoms with E-state index in [-0.39, 0.29) is 5.91 Å². The molecule has 0 spiro atoms. The number of hydrogen-bond acceptors (Lipinski definition) is 4. The van der Waals surface area contributed by atoms with E-state index in [9.17, 15) is 4.79 Å². The first kappa shape index (κ1) is 15.5. The van der Waals surface area contributed by atoms with E-state index in [4.69, 9.17) is 16.0 Å². The standard InChI is InChI=1S/C15H18ClN3O2/c1-15(2,3)14(20)17-9-8-12-18-19-13(21-12)10-4-6-11(16)7-5-10/h4-7H,8-9H2,1-3H3,(H,17,20). The quantitative estimate of drug-likeness (QED) is 0.942. The number of nitrogens with zero attached hydrogens (tertiary/aromatic N) is 2. The van der Waals surface area contributed by atoms with E-state index in [0.717, 1.165) is 5.56 Å². The molecule has 2 aromatic rings. The minimum atomic E-state index is -0.399. The van der Waals surface area contributed by atoms with E-state index in [2.05, 4.69) is 15.5 Å². The Morgan fingerprint density at radius 3 is 2.52 bits per heavy atom. The number of halogens is 1. The number of amides is 1. The fourth-order valence-corrected chi connectivity index (χ4v) is 1.74. The molecule has 0 saturated carbocycles. The van der Waals surface area contributed by atoms with Gasteiger partial charge in [0.1, 0.15) is 0 Å². The molecule has 6 heteroatoms. The molecule has 0 bridgehead atoms. The van der Waals surface area contributed by atoms with Crippen LogP contribution < -0.4 is 5.32 Å². The SMILES string of the molecule is CC(C)(C)C(=O)NCCc1nnc(-c2ccc(Cl)cc2)o1. The number of carbonyl (C=O) groups is 1. The van der Waals surface area contributed by atoms with E-state index in [0.29, 0.717) is 29.8 Å². The van der Waals surface area contributed by atoms with Gasteiger partial charge in [-0.2, -0.15) is 0 Å². The first-order valence-electron chi connectivity index (χ1n) is 6.73. The summed E-state index contributed by atoms with van der Waals surface area (Å²) in [6.07, 6.45) is 0.502. The molecule has 0 unspecified atom stereocenters. The second-order valence-electron chi connectivity index (χ2n) is 5.76. The maximum atomic E-state index is 11.7. The minimum Gasteiger partial charge on any atom is -0.421 e. The number of aromatic nitrogens is 2. The summed E-state index contributed by atoms with van der Waals surface area (Å²) in [6.45, 7) is 6.08. The van der Waals surface area contributed by atoms with Crippen molar-refractivity contribution in [1.82, 2.24) is 15.5 Å². The Hall–Kier alpha value is -1.88. The van der Waals surface area contributed by atoms with Crippen LogP contribution in [0.15, 0.2) is 28.7 Å². The first-order valence-corrected chi connectivity index (χ1v) is 7.11. The molecule has 1 aromatic heterocycles. The summed E-state index contributed by atoms with van der Waals surface area (Å²) in [5.41, 5.74) is 0.417. The molecule has 112 valence electrons. The third-order valence-electron chi connectivity index (χ3n) is 2.86. The van der Waals surface area contributed by atoms with Crippen LogP contribution in [0, 0.1) is 5.41 Å². The van der Waals surface area contributed by atoms with Crippen LogP contribution in [0.2, 0.25) is 5.02 Å². The lowest BCUT2D eigenvalue weighted by atomic mass is 9.96. The Morgan fingerprint density at radius 2 is 1.90 bits per heavy atom. The molecule has 0 radical (unpaired) electrons. The van der Waals surface area contributed by atoms with Crippen LogP contribution in [-0.2, 0) is 11.2 Å². The molecule has 0 fully saturated rings. The monoisotopic (exact) mass is 307 g/mol. The van der Waals surface area contributed by atoms with E-state index in [1.165, 1.54) is 0 Å². The normalized spacial score (nSPS) is 11.4. The Kier molecular flexibility index (Phi) is 4.63. The van der Waals surface area contributed by atoms with Crippen molar-refractivity contribution in [2.45, 2.75) is 27.2 Å². The number of benzene rings is 1. The Morgan fingerprint density at radius 1 is 1.24 bits per heavy atom. The van der Waals surface area contributed by atoms with Crippen molar-refractivity contribution >= 4 is 17.5 Å². The average Bonchev–Trinajstić information content (AvgIpc) is 2.87. The molecule has 1 N–H and O–H groups in total. The fourth-order valence-electron chi connectivity index (χ4n) is 1.61. The van der Waals surface area contributed by atoms with Crippen molar-refractivity contribution in [3.05, 3.63) is 35.2 Å². The molecule has 1 amide bonds. The van der Waals surface area contributed by atoms with Crippen molar-refractivity contribution in [3.63, 3.8) is 0 Å². The highest BCUT2D eigenvalue weighted by Gasteiger charge is 2.20. The summed E-state index contributed by atoms with van der Waals surface area (Å²) in [5, 5.41) is 11.5. The second kappa shape index (κ2) is 6.26. The lowest BCUT2D eigenvalue weighted by Crippen LogP contribution is -2.35. The summed E-state index contributed by atoms with van der Waals surface area (Å²) >= 11 is 5.83. The van der Waals surface area contributed by atoms with E-state index in [1.54, 1.807) is 12.1 Å². The highest BCUT2D eigenvalue weighted by molar-refractivity contribution is 6.30. The van der Waals surface area contributed by atoms with Gasteiger partial charge in [-0.3, -0.25) is 4.79 Å². The zero-order valence-electron chi connectivity index (χ0n) is 12.3. The highest BCUT2D eigenvalue weighted by Crippen LogP contribution is 2.20. The van der Waals surface area contributed by atoms with Gasteiger partial charge in [-0.05, 0) is 24.3 Å². The number of nitrogens with one attached hydrogen (secondary N) is 1. The predicted molar refractivity (Wildman–Crippen MR) is 80.9 cm³/mol. The Bertz CT molecular complexity index is 615. The molecule has 1 aromatic carbocycles. The van der Waals surface area contributed by atoms with Gasteiger partial charge in [0.15, 0.2) is 0 Å². The van der Waals surface area contributed by atoms with Crippen LogP contribution in [0.25, 0.3) is 11.5 Å². The van der Waals surface area contributed by atoms with Crippen LogP contribution in [0.3, 0.4) is 0 Å². The third kappa shape index (κ3) is 4.29. The molecule has 5 nitrogen and oxygen atoms in total. The smallest absolute Gasteiger partial charge is 0.247 e. The zero-order valence-corrected chi connectivity index (χ0v) is 13.1. The van der Waals surface area contributed by atoms with Crippen molar-refractivity contribution in [1.29, 1.82) is 0 Å². The molecule has 1 heterocycles. The number of rotatable bonds is 4. The molecule has 21 heavy (non-hydrogen) atoms. The predicted octanol–water partition coefficient (Wildman–Crippen LogP) is 3.09. The Balaban J connectivity index is 1.92. The lowest BCUT2D eigenvalue weighted by Gasteiger charge is -2.16. The summed E-state index contributed by atoms with van der Waals surface area (Å²) < 4.78 is 5.56. The van der Waals surface area contributed by atoms with Gasteiger partial charge in [0.05, 0.1) is 0 Å². The van der Waals surface area contributed by atoms with Crippen LogP contribution in [0.1, 0.15) is 26.7 Å². The van der Waals surface area contributed by atoms with Gasteiger partial charge < -0.3 is 9.73 Å². The van der Waals surface area contributed by atoms with Crippen LogP contribution in [0.4, 0.5) is 0 Å². The molecule has 0 atom stereocenters. The average molecular weight is 308 g/mol. The van der Waals surface area contributed by atoms with Gasteiger partial charge >= 0.3 is 0 Å².